The largest absolute Gasteiger partial charge is 0.372 e. The van der Waals surface area contributed by atoms with E-state index in [0.717, 1.165) is 24.5 Å². The van der Waals surface area contributed by atoms with Gasteiger partial charge in [-0.3, -0.25) is 0 Å². The minimum absolute atomic E-state index is 0.886. The van der Waals surface area contributed by atoms with Crippen molar-refractivity contribution in [2.75, 3.05) is 18.0 Å². The van der Waals surface area contributed by atoms with Crippen LogP contribution in [0.25, 0.3) is 0 Å². The first-order valence-electron chi connectivity index (χ1n) is 5.26. The molecular formula is C12H18ClN. The molecule has 0 N–H and O–H groups in total. The third-order valence-electron chi connectivity index (χ3n) is 2.55. The summed E-state index contributed by atoms with van der Waals surface area (Å²) in [5.41, 5.74) is 2.54. The zero-order chi connectivity index (χ0) is 10.6. The van der Waals surface area contributed by atoms with Crippen molar-refractivity contribution >= 4 is 17.3 Å². The van der Waals surface area contributed by atoms with Crippen LogP contribution >= 0.6 is 11.6 Å². The van der Waals surface area contributed by atoms with Gasteiger partial charge in [0.2, 0.25) is 0 Å². The maximum Gasteiger partial charge on any atom is 0.0458 e. The number of hydrogen-bond acceptors (Lipinski definition) is 1. The Balaban J connectivity index is 3.11. The molecule has 0 aliphatic rings. The summed E-state index contributed by atoms with van der Waals surface area (Å²) in [6.07, 6.45) is 0.992. The molecule has 1 nitrogen and oxygen atoms in total. The van der Waals surface area contributed by atoms with Crippen molar-refractivity contribution < 1.29 is 0 Å². The quantitative estimate of drug-likeness (QED) is 0.733. The predicted molar refractivity (Wildman–Crippen MR) is 64.4 cm³/mol. The summed E-state index contributed by atoms with van der Waals surface area (Å²) >= 11 is 6.16. The Kier molecular flexibility index (Phi) is 4.27. The number of benzene rings is 1. The van der Waals surface area contributed by atoms with E-state index in [9.17, 15) is 0 Å². The molecular weight excluding hydrogens is 194 g/mol. The van der Waals surface area contributed by atoms with E-state index in [-0.39, 0.29) is 0 Å². The lowest BCUT2D eigenvalue weighted by atomic mass is 10.1. The lowest BCUT2D eigenvalue weighted by Crippen LogP contribution is -2.23. The molecule has 0 amide bonds. The molecule has 1 aromatic rings. The van der Waals surface area contributed by atoms with Crippen molar-refractivity contribution in [3.63, 3.8) is 0 Å². The van der Waals surface area contributed by atoms with Crippen LogP contribution in [-0.2, 0) is 6.42 Å². The minimum Gasteiger partial charge on any atom is -0.372 e. The first-order valence-corrected chi connectivity index (χ1v) is 5.64. The van der Waals surface area contributed by atoms with Gasteiger partial charge in [0.05, 0.1) is 0 Å². The Morgan fingerprint density at radius 1 is 1.14 bits per heavy atom. The molecule has 78 valence electrons. The van der Waals surface area contributed by atoms with Crippen LogP contribution in [0.4, 0.5) is 5.69 Å². The van der Waals surface area contributed by atoms with E-state index in [2.05, 4.69) is 31.7 Å². The minimum atomic E-state index is 0.886. The fourth-order valence-corrected chi connectivity index (χ4v) is 2.06. The number of nitrogens with zero attached hydrogens (tertiary/aromatic N) is 1. The van der Waals surface area contributed by atoms with Crippen LogP contribution in [0, 0.1) is 0 Å². The lowest BCUT2D eigenvalue weighted by molar-refractivity contribution is 0.856. The highest BCUT2D eigenvalue weighted by atomic mass is 35.5. The molecule has 0 aromatic heterocycles. The lowest BCUT2D eigenvalue weighted by Gasteiger charge is -2.24. The molecule has 0 saturated carbocycles. The summed E-state index contributed by atoms with van der Waals surface area (Å²) in [5, 5.41) is 0.886. The van der Waals surface area contributed by atoms with Gasteiger partial charge < -0.3 is 4.90 Å². The third kappa shape index (κ3) is 2.21. The van der Waals surface area contributed by atoms with E-state index in [1.165, 1.54) is 11.3 Å². The van der Waals surface area contributed by atoms with Crippen LogP contribution in [0.15, 0.2) is 18.2 Å². The van der Waals surface area contributed by atoms with E-state index in [1.807, 2.05) is 12.1 Å². The fourth-order valence-electron chi connectivity index (χ4n) is 1.76. The standard InChI is InChI=1S/C12H18ClN/c1-4-10-11(13)8-7-9-12(10)14(5-2)6-3/h7-9H,4-6H2,1-3H3. The maximum atomic E-state index is 6.16. The normalized spacial score (nSPS) is 10.3. The van der Waals surface area contributed by atoms with Crippen LogP contribution in [0.1, 0.15) is 26.3 Å². The molecule has 0 fully saturated rings. The second-order valence-corrected chi connectivity index (χ2v) is 3.67. The van der Waals surface area contributed by atoms with E-state index in [1.54, 1.807) is 0 Å². The average molecular weight is 212 g/mol. The Hall–Kier alpha value is -0.690. The van der Waals surface area contributed by atoms with Crippen LogP contribution in [-0.4, -0.2) is 13.1 Å². The Morgan fingerprint density at radius 2 is 1.79 bits per heavy atom. The van der Waals surface area contributed by atoms with Crippen molar-refractivity contribution in [2.24, 2.45) is 0 Å². The molecule has 2 heteroatoms. The van der Waals surface area contributed by atoms with E-state index >= 15 is 0 Å². The highest BCUT2D eigenvalue weighted by Crippen LogP contribution is 2.27. The van der Waals surface area contributed by atoms with Crippen LogP contribution in [0.3, 0.4) is 0 Å². The SMILES string of the molecule is CCc1c(Cl)cccc1N(CC)CC. The van der Waals surface area contributed by atoms with Gasteiger partial charge in [0.25, 0.3) is 0 Å². The molecule has 0 bridgehead atoms. The van der Waals surface area contributed by atoms with Gasteiger partial charge in [-0.2, -0.15) is 0 Å². The summed E-state index contributed by atoms with van der Waals surface area (Å²) in [7, 11) is 0. The van der Waals surface area contributed by atoms with Crippen molar-refractivity contribution in [3.05, 3.63) is 28.8 Å². The first-order chi connectivity index (χ1) is 6.74. The summed E-state index contributed by atoms with van der Waals surface area (Å²) in [5.74, 6) is 0. The highest BCUT2D eigenvalue weighted by molar-refractivity contribution is 6.31. The van der Waals surface area contributed by atoms with Crippen molar-refractivity contribution in [1.29, 1.82) is 0 Å². The van der Waals surface area contributed by atoms with E-state index < -0.39 is 0 Å². The smallest absolute Gasteiger partial charge is 0.0458 e. The first kappa shape index (κ1) is 11.4. The zero-order valence-electron chi connectivity index (χ0n) is 9.18. The third-order valence-corrected chi connectivity index (χ3v) is 2.91. The molecule has 0 unspecified atom stereocenters. The van der Waals surface area contributed by atoms with Gasteiger partial charge in [-0.15, -0.1) is 0 Å². The molecule has 0 radical (unpaired) electrons. The fraction of sp³-hybridized carbons (Fsp3) is 0.500. The van der Waals surface area contributed by atoms with Gasteiger partial charge in [0, 0.05) is 23.8 Å². The molecule has 1 rings (SSSR count). The van der Waals surface area contributed by atoms with Crippen molar-refractivity contribution in [2.45, 2.75) is 27.2 Å². The van der Waals surface area contributed by atoms with Gasteiger partial charge >= 0.3 is 0 Å². The van der Waals surface area contributed by atoms with Gasteiger partial charge in [-0.1, -0.05) is 24.6 Å². The van der Waals surface area contributed by atoms with Gasteiger partial charge in [0.1, 0.15) is 0 Å². The molecule has 0 heterocycles. The predicted octanol–water partition coefficient (Wildman–Crippen LogP) is 3.75. The highest BCUT2D eigenvalue weighted by Gasteiger charge is 2.09. The summed E-state index contributed by atoms with van der Waals surface area (Å²) in [4.78, 5) is 2.34. The monoisotopic (exact) mass is 211 g/mol. The number of anilines is 1. The van der Waals surface area contributed by atoms with E-state index in [4.69, 9.17) is 11.6 Å². The molecule has 14 heavy (non-hydrogen) atoms. The molecule has 0 spiro atoms. The van der Waals surface area contributed by atoms with Crippen molar-refractivity contribution in [3.8, 4) is 0 Å². The number of hydrogen-bond donors (Lipinski definition) is 0. The zero-order valence-corrected chi connectivity index (χ0v) is 9.93. The number of rotatable bonds is 4. The van der Waals surface area contributed by atoms with Gasteiger partial charge in [-0.05, 0) is 38.0 Å². The van der Waals surface area contributed by atoms with Gasteiger partial charge in [0.15, 0.2) is 0 Å². The Labute approximate surface area is 91.7 Å². The second-order valence-electron chi connectivity index (χ2n) is 3.26. The second kappa shape index (κ2) is 5.26. The molecule has 1 aromatic carbocycles. The maximum absolute atomic E-state index is 6.16. The van der Waals surface area contributed by atoms with Crippen LogP contribution in [0.2, 0.25) is 5.02 Å². The van der Waals surface area contributed by atoms with Crippen LogP contribution in [0.5, 0.6) is 0 Å². The summed E-state index contributed by atoms with van der Waals surface area (Å²) in [6.45, 7) is 8.55. The molecule has 0 saturated heterocycles. The number of halogens is 1. The van der Waals surface area contributed by atoms with Crippen LogP contribution < -0.4 is 4.90 Å². The topological polar surface area (TPSA) is 3.24 Å². The molecule has 0 atom stereocenters. The Morgan fingerprint density at radius 3 is 2.29 bits per heavy atom. The van der Waals surface area contributed by atoms with Crippen molar-refractivity contribution in [1.82, 2.24) is 0 Å². The van der Waals surface area contributed by atoms with E-state index in [0.29, 0.717) is 0 Å². The van der Waals surface area contributed by atoms with Gasteiger partial charge in [-0.25, -0.2) is 0 Å². The molecule has 0 aliphatic heterocycles. The average Bonchev–Trinajstić information content (AvgIpc) is 2.20. The Bertz CT molecular complexity index is 292. The summed E-state index contributed by atoms with van der Waals surface area (Å²) < 4.78 is 0. The molecule has 0 aliphatic carbocycles. The summed E-state index contributed by atoms with van der Waals surface area (Å²) in [6, 6.07) is 6.14.